The van der Waals surface area contributed by atoms with Crippen LogP contribution in [-0.2, 0) is 5.54 Å². The molecule has 116 valence electrons. The van der Waals surface area contributed by atoms with Crippen LogP contribution in [0.25, 0.3) is 0 Å². The molecule has 0 unspecified atom stereocenters. The van der Waals surface area contributed by atoms with Gasteiger partial charge in [0.15, 0.2) is 5.82 Å². The van der Waals surface area contributed by atoms with Crippen LogP contribution in [0.4, 0.5) is 4.39 Å². The van der Waals surface area contributed by atoms with Gasteiger partial charge in [-0.05, 0) is 47.0 Å². The molecule has 0 spiro atoms. The highest BCUT2D eigenvalue weighted by Crippen LogP contribution is 2.37. The molecule has 1 fully saturated rings. The van der Waals surface area contributed by atoms with Gasteiger partial charge in [-0.3, -0.25) is 4.79 Å². The third-order valence-electron chi connectivity index (χ3n) is 3.94. The number of rotatable bonds is 3. The fourth-order valence-corrected chi connectivity index (χ4v) is 3.26. The Hall–Kier alpha value is -1.76. The predicted octanol–water partition coefficient (Wildman–Crippen LogP) is 3.48. The van der Waals surface area contributed by atoms with Gasteiger partial charge in [0, 0.05) is 11.4 Å². The second kappa shape index (κ2) is 5.79. The fraction of sp³-hybridized carbons (Fsp3) is 0.400. The van der Waals surface area contributed by atoms with Crippen LogP contribution in [0.5, 0.6) is 0 Å². The number of benzene rings is 1. The van der Waals surface area contributed by atoms with Crippen molar-refractivity contribution in [2.24, 2.45) is 0 Å². The number of halogens is 2. The van der Waals surface area contributed by atoms with E-state index in [0.29, 0.717) is 16.2 Å². The molecule has 1 saturated carbocycles. The van der Waals surface area contributed by atoms with E-state index in [4.69, 9.17) is 4.52 Å². The second-order valence-corrected chi connectivity index (χ2v) is 6.36. The van der Waals surface area contributed by atoms with Crippen LogP contribution in [0.15, 0.2) is 27.2 Å². The highest BCUT2D eigenvalue weighted by atomic mass is 79.9. The van der Waals surface area contributed by atoms with E-state index in [1.807, 2.05) is 0 Å². The van der Waals surface area contributed by atoms with E-state index in [9.17, 15) is 9.18 Å². The van der Waals surface area contributed by atoms with Gasteiger partial charge >= 0.3 is 0 Å². The SMILES string of the molecule is Cc1nc(C2(NC(=O)c3cc(F)ccc3Br)CCCC2)no1. The zero-order chi connectivity index (χ0) is 15.7. The summed E-state index contributed by atoms with van der Waals surface area (Å²) in [5.74, 6) is 0.144. The Balaban J connectivity index is 1.91. The summed E-state index contributed by atoms with van der Waals surface area (Å²) in [6.07, 6.45) is 3.42. The van der Waals surface area contributed by atoms with E-state index in [1.54, 1.807) is 6.92 Å². The molecule has 1 N–H and O–H groups in total. The van der Waals surface area contributed by atoms with Gasteiger partial charge in [0.2, 0.25) is 5.89 Å². The highest BCUT2D eigenvalue weighted by Gasteiger charge is 2.41. The minimum Gasteiger partial charge on any atom is -0.340 e. The smallest absolute Gasteiger partial charge is 0.253 e. The first kappa shape index (κ1) is 15.1. The molecule has 1 aliphatic carbocycles. The molecule has 22 heavy (non-hydrogen) atoms. The van der Waals surface area contributed by atoms with Gasteiger partial charge in [-0.25, -0.2) is 4.39 Å². The minimum atomic E-state index is -0.638. The molecule has 0 bridgehead atoms. The number of carbonyl (C=O) groups excluding carboxylic acids is 1. The highest BCUT2D eigenvalue weighted by molar-refractivity contribution is 9.10. The van der Waals surface area contributed by atoms with Gasteiger partial charge in [-0.15, -0.1) is 0 Å². The van der Waals surface area contributed by atoms with Gasteiger partial charge < -0.3 is 9.84 Å². The lowest BCUT2D eigenvalue weighted by Crippen LogP contribution is -2.44. The maximum Gasteiger partial charge on any atom is 0.253 e. The summed E-state index contributed by atoms with van der Waals surface area (Å²) in [6, 6.07) is 4.03. The van der Waals surface area contributed by atoms with Crippen molar-refractivity contribution in [1.82, 2.24) is 15.5 Å². The van der Waals surface area contributed by atoms with Crippen molar-refractivity contribution in [1.29, 1.82) is 0 Å². The largest absolute Gasteiger partial charge is 0.340 e. The van der Waals surface area contributed by atoms with E-state index in [-0.39, 0.29) is 11.5 Å². The van der Waals surface area contributed by atoms with Crippen LogP contribution in [0.2, 0.25) is 0 Å². The molecule has 0 atom stereocenters. The Kier molecular flexibility index (Phi) is 3.99. The molecule has 1 aliphatic rings. The molecular weight excluding hydrogens is 353 g/mol. The average molecular weight is 368 g/mol. The monoisotopic (exact) mass is 367 g/mol. The van der Waals surface area contributed by atoms with Crippen molar-refractivity contribution in [3.63, 3.8) is 0 Å². The first-order valence-electron chi connectivity index (χ1n) is 7.08. The Labute approximate surface area is 135 Å². The van der Waals surface area contributed by atoms with E-state index in [0.717, 1.165) is 25.7 Å². The Morgan fingerprint density at radius 2 is 2.14 bits per heavy atom. The quantitative estimate of drug-likeness (QED) is 0.901. The average Bonchev–Trinajstić information content (AvgIpc) is 3.11. The van der Waals surface area contributed by atoms with Gasteiger partial charge in [-0.1, -0.05) is 18.0 Å². The molecule has 7 heteroatoms. The number of hydrogen-bond acceptors (Lipinski definition) is 4. The molecule has 2 aromatic rings. The van der Waals surface area contributed by atoms with Crippen LogP contribution < -0.4 is 5.32 Å². The lowest BCUT2D eigenvalue weighted by atomic mass is 9.96. The number of carbonyl (C=O) groups is 1. The number of aryl methyl sites for hydroxylation is 1. The predicted molar refractivity (Wildman–Crippen MR) is 80.7 cm³/mol. The summed E-state index contributed by atoms with van der Waals surface area (Å²) >= 11 is 3.28. The maximum absolute atomic E-state index is 13.4. The van der Waals surface area contributed by atoms with Crippen LogP contribution in [-0.4, -0.2) is 16.0 Å². The summed E-state index contributed by atoms with van der Waals surface area (Å²) < 4.78 is 19.0. The van der Waals surface area contributed by atoms with Crippen molar-refractivity contribution >= 4 is 21.8 Å². The number of hydrogen-bond donors (Lipinski definition) is 1. The molecule has 1 heterocycles. The van der Waals surface area contributed by atoms with Crippen molar-refractivity contribution < 1.29 is 13.7 Å². The molecule has 5 nitrogen and oxygen atoms in total. The zero-order valence-electron chi connectivity index (χ0n) is 12.0. The van der Waals surface area contributed by atoms with Crippen LogP contribution in [0.1, 0.15) is 47.8 Å². The van der Waals surface area contributed by atoms with Crippen molar-refractivity contribution in [3.8, 4) is 0 Å². The Morgan fingerprint density at radius 1 is 1.41 bits per heavy atom. The first-order chi connectivity index (χ1) is 10.5. The maximum atomic E-state index is 13.4. The van der Waals surface area contributed by atoms with Crippen LogP contribution >= 0.6 is 15.9 Å². The first-order valence-corrected chi connectivity index (χ1v) is 7.88. The fourth-order valence-electron chi connectivity index (χ4n) is 2.83. The second-order valence-electron chi connectivity index (χ2n) is 5.50. The van der Waals surface area contributed by atoms with E-state index < -0.39 is 11.4 Å². The van der Waals surface area contributed by atoms with Crippen molar-refractivity contribution in [3.05, 3.63) is 45.8 Å². The Bertz CT molecular complexity index is 711. The van der Waals surface area contributed by atoms with Crippen LogP contribution in [0, 0.1) is 12.7 Å². The third kappa shape index (κ3) is 2.77. The molecular formula is C15H15BrFN3O2. The third-order valence-corrected chi connectivity index (χ3v) is 4.63. The molecule has 0 radical (unpaired) electrons. The normalized spacial score (nSPS) is 16.7. The standard InChI is InChI=1S/C15H15BrFN3O2/c1-9-18-14(20-22-9)15(6-2-3-7-15)19-13(21)11-8-10(17)4-5-12(11)16/h4-5,8H,2-3,6-7H2,1H3,(H,19,21). The van der Waals surface area contributed by atoms with E-state index >= 15 is 0 Å². The minimum absolute atomic E-state index is 0.256. The molecule has 3 rings (SSSR count). The topological polar surface area (TPSA) is 68.0 Å². The molecule has 0 saturated heterocycles. The van der Waals surface area contributed by atoms with Gasteiger partial charge in [-0.2, -0.15) is 4.98 Å². The molecule has 1 aromatic heterocycles. The molecule has 0 aliphatic heterocycles. The van der Waals surface area contributed by atoms with Crippen LogP contribution in [0.3, 0.4) is 0 Å². The number of amides is 1. The summed E-state index contributed by atoms with van der Waals surface area (Å²) in [5, 5.41) is 6.96. The number of aromatic nitrogens is 2. The van der Waals surface area contributed by atoms with Crippen molar-refractivity contribution in [2.45, 2.75) is 38.1 Å². The molecule has 1 amide bonds. The van der Waals surface area contributed by atoms with Crippen molar-refractivity contribution in [2.75, 3.05) is 0 Å². The lowest BCUT2D eigenvalue weighted by Gasteiger charge is -2.27. The zero-order valence-corrected chi connectivity index (χ0v) is 13.6. The van der Waals surface area contributed by atoms with E-state index in [2.05, 4.69) is 31.4 Å². The number of nitrogens with zero attached hydrogens (tertiary/aromatic N) is 2. The summed E-state index contributed by atoms with van der Waals surface area (Å²) in [5.41, 5.74) is -0.382. The lowest BCUT2D eigenvalue weighted by molar-refractivity contribution is 0.0890. The van der Waals surface area contributed by atoms with Gasteiger partial charge in [0.05, 0.1) is 5.56 Å². The van der Waals surface area contributed by atoms with Gasteiger partial charge in [0.25, 0.3) is 5.91 Å². The molecule has 1 aromatic carbocycles. The summed E-state index contributed by atoms with van der Waals surface area (Å²) in [7, 11) is 0. The Morgan fingerprint density at radius 3 is 2.77 bits per heavy atom. The number of nitrogens with one attached hydrogen (secondary N) is 1. The summed E-state index contributed by atoms with van der Waals surface area (Å²) in [4.78, 5) is 16.8. The van der Waals surface area contributed by atoms with E-state index in [1.165, 1.54) is 18.2 Å². The van der Waals surface area contributed by atoms with Gasteiger partial charge in [0.1, 0.15) is 11.4 Å². The summed E-state index contributed by atoms with van der Waals surface area (Å²) in [6.45, 7) is 1.71.